The van der Waals surface area contributed by atoms with Gasteiger partial charge in [0.15, 0.2) is 5.65 Å². The van der Waals surface area contributed by atoms with E-state index < -0.39 is 16.8 Å². The molecule has 2 aliphatic rings. The third-order valence-corrected chi connectivity index (χ3v) is 5.63. The van der Waals surface area contributed by atoms with Crippen LogP contribution in [-0.2, 0) is 11.3 Å². The Labute approximate surface area is 168 Å². The van der Waals surface area contributed by atoms with Crippen LogP contribution in [-0.4, -0.2) is 50.6 Å². The topological polar surface area (TPSA) is 97.3 Å². The fraction of sp³-hybridized carbons (Fsp3) is 0.619. The largest absolute Gasteiger partial charge is 0.377 e. The Kier molecular flexibility index (Phi) is 4.85. The zero-order chi connectivity index (χ0) is 20.9. The number of ether oxygens (including phenoxy) is 1. The van der Waals surface area contributed by atoms with E-state index in [0.717, 1.165) is 18.5 Å². The molecule has 0 bridgehead atoms. The van der Waals surface area contributed by atoms with Crippen LogP contribution in [0.15, 0.2) is 15.7 Å². The van der Waals surface area contributed by atoms with Gasteiger partial charge in [-0.15, -0.1) is 0 Å². The first kappa shape index (κ1) is 19.8. The molecule has 2 aromatic rings. The molecule has 3 heterocycles. The van der Waals surface area contributed by atoms with Crippen LogP contribution in [0.3, 0.4) is 0 Å². The molecule has 0 aromatic carbocycles. The average Bonchev–Trinajstić information content (AvgIpc) is 3.48. The number of carbonyl (C=O) groups excluding carboxylic acids is 1. The second-order valence-electron chi connectivity index (χ2n) is 9.15. The Balaban J connectivity index is 1.97. The summed E-state index contributed by atoms with van der Waals surface area (Å²) in [5.41, 5.74) is -0.105. The summed E-state index contributed by atoms with van der Waals surface area (Å²) in [5, 5.41) is 0.196. The third-order valence-electron chi connectivity index (χ3n) is 5.63. The molecule has 1 saturated heterocycles. The van der Waals surface area contributed by atoms with Crippen LogP contribution in [0, 0.1) is 5.92 Å². The van der Waals surface area contributed by atoms with E-state index in [2.05, 4.69) is 9.97 Å². The molecule has 29 heavy (non-hydrogen) atoms. The molecule has 1 aliphatic heterocycles. The number of aromatic amines is 1. The van der Waals surface area contributed by atoms with Gasteiger partial charge in [-0.25, -0.2) is 9.78 Å². The number of fused-ring (bicyclic) bond motifs is 1. The van der Waals surface area contributed by atoms with E-state index >= 15 is 0 Å². The fourth-order valence-electron chi connectivity index (χ4n) is 3.97. The first-order valence-electron chi connectivity index (χ1n) is 10.3. The maximum absolute atomic E-state index is 13.6. The van der Waals surface area contributed by atoms with Gasteiger partial charge in [-0.2, -0.15) is 0 Å². The zero-order valence-electron chi connectivity index (χ0n) is 17.4. The molecule has 1 aliphatic carbocycles. The van der Waals surface area contributed by atoms with E-state index in [1.165, 1.54) is 4.57 Å². The molecule has 4 rings (SSSR count). The molecule has 8 nitrogen and oxygen atoms in total. The number of morpholine rings is 1. The fourth-order valence-corrected chi connectivity index (χ4v) is 3.97. The maximum Gasteiger partial charge on any atom is 0.330 e. The summed E-state index contributed by atoms with van der Waals surface area (Å²) in [7, 11) is 0. The number of pyridine rings is 1. The van der Waals surface area contributed by atoms with Crippen molar-refractivity contribution in [2.45, 2.75) is 58.5 Å². The second kappa shape index (κ2) is 7.09. The van der Waals surface area contributed by atoms with Crippen LogP contribution >= 0.6 is 0 Å². The van der Waals surface area contributed by atoms with Gasteiger partial charge in [-0.05, 0) is 38.7 Å². The number of nitrogens with one attached hydrogen (secondary N) is 1. The summed E-state index contributed by atoms with van der Waals surface area (Å²) in [6.07, 6.45) is 2.01. The molecule has 8 heteroatoms. The van der Waals surface area contributed by atoms with Crippen molar-refractivity contribution in [3.8, 4) is 0 Å². The summed E-state index contributed by atoms with van der Waals surface area (Å²) in [5.74, 6) is 0.254. The zero-order valence-corrected chi connectivity index (χ0v) is 17.4. The van der Waals surface area contributed by atoms with Crippen molar-refractivity contribution in [2.75, 3.05) is 19.8 Å². The number of rotatable bonds is 4. The summed E-state index contributed by atoms with van der Waals surface area (Å²) < 4.78 is 7.04. The molecule has 0 atom stereocenters. The summed E-state index contributed by atoms with van der Waals surface area (Å²) in [6, 6.07) is 1.76. The molecule has 1 amide bonds. The lowest BCUT2D eigenvalue weighted by Crippen LogP contribution is -2.55. The molecule has 1 saturated carbocycles. The van der Waals surface area contributed by atoms with Gasteiger partial charge in [0.05, 0.1) is 29.7 Å². The number of carbonyl (C=O) groups is 1. The van der Waals surface area contributed by atoms with Gasteiger partial charge < -0.3 is 9.64 Å². The van der Waals surface area contributed by atoms with Gasteiger partial charge in [0, 0.05) is 24.7 Å². The highest BCUT2D eigenvalue weighted by atomic mass is 16.5. The molecule has 2 fully saturated rings. The van der Waals surface area contributed by atoms with Crippen LogP contribution < -0.4 is 11.2 Å². The number of amides is 1. The lowest BCUT2D eigenvalue weighted by atomic mass is 9.99. The van der Waals surface area contributed by atoms with E-state index in [0.29, 0.717) is 37.5 Å². The highest BCUT2D eigenvalue weighted by Gasteiger charge is 2.37. The van der Waals surface area contributed by atoms with Crippen molar-refractivity contribution in [1.29, 1.82) is 0 Å². The molecular weight excluding hydrogens is 372 g/mol. The Morgan fingerprint density at radius 1 is 1.34 bits per heavy atom. The second-order valence-corrected chi connectivity index (χ2v) is 9.15. The highest BCUT2D eigenvalue weighted by Crippen LogP contribution is 2.40. The first-order chi connectivity index (χ1) is 13.7. The average molecular weight is 400 g/mol. The Morgan fingerprint density at radius 3 is 2.69 bits per heavy atom. The van der Waals surface area contributed by atoms with E-state index in [9.17, 15) is 14.4 Å². The summed E-state index contributed by atoms with van der Waals surface area (Å²) in [4.78, 5) is 47.8. The molecule has 156 valence electrons. The molecular formula is C21H28N4O4. The van der Waals surface area contributed by atoms with Crippen molar-refractivity contribution in [1.82, 2.24) is 19.4 Å². The van der Waals surface area contributed by atoms with Crippen molar-refractivity contribution in [3.05, 3.63) is 38.2 Å². The summed E-state index contributed by atoms with van der Waals surface area (Å²) in [6.45, 7) is 9.67. The highest BCUT2D eigenvalue weighted by molar-refractivity contribution is 6.05. The van der Waals surface area contributed by atoms with Crippen molar-refractivity contribution >= 4 is 16.9 Å². The third kappa shape index (κ3) is 3.61. The lowest BCUT2D eigenvalue weighted by Gasteiger charge is -2.42. The predicted molar refractivity (Wildman–Crippen MR) is 109 cm³/mol. The van der Waals surface area contributed by atoms with Crippen molar-refractivity contribution < 1.29 is 9.53 Å². The molecule has 2 aromatic heterocycles. The van der Waals surface area contributed by atoms with Crippen LogP contribution in [0.25, 0.3) is 11.0 Å². The monoisotopic (exact) mass is 400 g/mol. The van der Waals surface area contributed by atoms with Crippen molar-refractivity contribution in [2.24, 2.45) is 5.92 Å². The van der Waals surface area contributed by atoms with Crippen LogP contribution in [0.5, 0.6) is 0 Å². The van der Waals surface area contributed by atoms with Gasteiger partial charge in [0.1, 0.15) is 0 Å². The normalized spacial score (nSPS) is 19.1. The van der Waals surface area contributed by atoms with Crippen molar-refractivity contribution in [3.63, 3.8) is 0 Å². The van der Waals surface area contributed by atoms with Gasteiger partial charge in [-0.1, -0.05) is 13.8 Å². The number of hydrogen-bond donors (Lipinski definition) is 1. The van der Waals surface area contributed by atoms with Gasteiger partial charge in [0.25, 0.3) is 11.5 Å². The summed E-state index contributed by atoms with van der Waals surface area (Å²) >= 11 is 0. The molecule has 0 spiro atoms. The van der Waals surface area contributed by atoms with E-state index in [4.69, 9.17) is 4.74 Å². The minimum atomic E-state index is -0.561. The quantitative estimate of drug-likeness (QED) is 0.845. The molecule has 0 radical (unpaired) electrons. The number of H-pyrrole nitrogens is 1. The first-order valence-corrected chi connectivity index (χ1v) is 10.3. The Morgan fingerprint density at radius 2 is 2.07 bits per heavy atom. The number of nitrogens with zero attached hydrogens (tertiary/aromatic N) is 3. The van der Waals surface area contributed by atoms with Gasteiger partial charge in [0.2, 0.25) is 0 Å². The lowest BCUT2D eigenvalue weighted by molar-refractivity contribution is -0.0369. The Hall–Kier alpha value is -2.48. The van der Waals surface area contributed by atoms with Crippen LogP contribution in [0.1, 0.15) is 62.5 Å². The van der Waals surface area contributed by atoms with Crippen LogP contribution in [0.4, 0.5) is 0 Å². The Bertz CT molecular complexity index is 1080. The maximum atomic E-state index is 13.6. The van der Waals surface area contributed by atoms with E-state index in [-0.39, 0.29) is 23.1 Å². The minimum absolute atomic E-state index is 0.186. The van der Waals surface area contributed by atoms with E-state index in [1.54, 1.807) is 11.0 Å². The molecule has 1 N–H and O–H groups in total. The SMILES string of the molecule is CC(C)Cn1c(=O)[nH]c(=O)c2c(C(=O)N3CCOCC3(C)C)cc(C3CC3)nc21. The number of aromatic nitrogens is 3. The molecule has 0 unspecified atom stereocenters. The predicted octanol–water partition coefficient (Wildman–Crippen LogP) is 1.87. The minimum Gasteiger partial charge on any atom is -0.377 e. The van der Waals surface area contributed by atoms with Gasteiger partial charge >= 0.3 is 5.69 Å². The van der Waals surface area contributed by atoms with Gasteiger partial charge in [-0.3, -0.25) is 19.1 Å². The van der Waals surface area contributed by atoms with E-state index in [1.807, 2.05) is 27.7 Å². The smallest absolute Gasteiger partial charge is 0.330 e. The number of hydrogen-bond acceptors (Lipinski definition) is 5. The standard InChI is InChI=1S/C21H28N4O4/c1-12(2)10-24-17-16(18(26)23-20(24)28)14(9-15(22-17)13-5-6-13)19(27)25-7-8-29-11-21(25,3)4/h9,12-13H,5-8,10-11H2,1-4H3,(H,23,26,28). The van der Waals surface area contributed by atoms with Crippen LogP contribution in [0.2, 0.25) is 0 Å².